The van der Waals surface area contributed by atoms with Crippen molar-refractivity contribution < 1.29 is 9.18 Å². The Hall–Kier alpha value is -1.22. The molecular weight excluding hydrogens is 193 g/mol. The lowest BCUT2D eigenvalue weighted by molar-refractivity contribution is 0.0997. The summed E-state index contributed by atoms with van der Waals surface area (Å²) in [5.41, 5.74) is 7.16. The number of fused-ring (bicyclic) bond motifs is 1. The Morgan fingerprint density at radius 1 is 1.33 bits per heavy atom. The van der Waals surface area contributed by atoms with Gasteiger partial charge in [-0.3, -0.25) is 4.79 Å². The van der Waals surface area contributed by atoms with E-state index in [1.165, 1.54) is 0 Å². The Labute approximate surface area is 88.3 Å². The van der Waals surface area contributed by atoms with Crippen LogP contribution in [-0.2, 0) is 12.8 Å². The van der Waals surface area contributed by atoms with Crippen molar-refractivity contribution in [3.63, 3.8) is 0 Å². The van der Waals surface area contributed by atoms with Crippen LogP contribution >= 0.6 is 0 Å². The number of rotatable bonds is 2. The molecule has 0 amide bonds. The molecule has 0 saturated carbocycles. The Morgan fingerprint density at radius 3 is 2.80 bits per heavy atom. The van der Waals surface area contributed by atoms with Gasteiger partial charge in [-0.1, -0.05) is 6.07 Å². The van der Waals surface area contributed by atoms with Crippen LogP contribution in [0.2, 0.25) is 0 Å². The SMILES string of the molecule is NCC(=O)c1ccc2c(c1F)CCCC2. The third-order valence-corrected chi connectivity index (χ3v) is 2.95. The van der Waals surface area contributed by atoms with Crippen molar-refractivity contribution in [2.24, 2.45) is 5.73 Å². The molecule has 0 spiro atoms. The first-order valence-electron chi connectivity index (χ1n) is 5.27. The van der Waals surface area contributed by atoms with Crippen molar-refractivity contribution in [1.82, 2.24) is 0 Å². The van der Waals surface area contributed by atoms with E-state index in [0.29, 0.717) is 0 Å². The van der Waals surface area contributed by atoms with Crippen LogP contribution in [-0.4, -0.2) is 12.3 Å². The maximum Gasteiger partial charge on any atom is 0.179 e. The number of nitrogens with two attached hydrogens (primary N) is 1. The van der Waals surface area contributed by atoms with Gasteiger partial charge in [0.2, 0.25) is 0 Å². The normalized spacial score (nSPS) is 14.8. The van der Waals surface area contributed by atoms with Crippen LogP contribution in [0.15, 0.2) is 12.1 Å². The fraction of sp³-hybridized carbons (Fsp3) is 0.417. The molecule has 15 heavy (non-hydrogen) atoms. The second kappa shape index (κ2) is 4.11. The quantitative estimate of drug-likeness (QED) is 0.752. The predicted octanol–water partition coefficient (Wildman–Crippen LogP) is 1.85. The highest BCUT2D eigenvalue weighted by Crippen LogP contribution is 2.25. The van der Waals surface area contributed by atoms with E-state index in [2.05, 4.69) is 0 Å². The highest BCUT2D eigenvalue weighted by atomic mass is 19.1. The van der Waals surface area contributed by atoms with Gasteiger partial charge in [-0.2, -0.15) is 0 Å². The Kier molecular flexibility index (Phi) is 2.82. The van der Waals surface area contributed by atoms with Gasteiger partial charge in [0.25, 0.3) is 0 Å². The second-order valence-electron chi connectivity index (χ2n) is 3.90. The molecule has 2 N–H and O–H groups in total. The van der Waals surface area contributed by atoms with Crippen LogP contribution in [0.3, 0.4) is 0 Å². The van der Waals surface area contributed by atoms with Crippen LogP contribution in [0.1, 0.15) is 34.3 Å². The van der Waals surface area contributed by atoms with Gasteiger partial charge in [0.05, 0.1) is 12.1 Å². The maximum atomic E-state index is 13.9. The summed E-state index contributed by atoms with van der Waals surface area (Å²) in [6.45, 7) is -0.129. The van der Waals surface area contributed by atoms with E-state index in [1.54, 1.807) is 6.07 Å². The van der Waals surface area contributed by atoms with Gasteiger partial charge in [0.15, 0.2) is 5.78 Å². The van der Waals surface area contributed by atoms with E-state index in [-0.39, 0.29) is 23.7 Å². The summed E-state index contributed by atoms with van der Waals surface area (Å²) in [5, 5.41) is 0. The van der Waals surface area contributed by atoms with Crippen LogP contribution < -0.4 is 5.73 Å². The Balaban J connectivity index is 2.47. The summed E-state index contributed by atoms with van der Waals surface area (Å²) >= 11 is 0. The maximum absolute atomic E-state index is 13.9. The average Bonchev–Trinajstić information content (AvgIpc) is 2.29. The molecule has 0 unspecified atom stereocenters. The fourth-order valence-electron chi connectivity index (χ4n) is 2.11. The second-order valence-corrected chi connectivity index (χ2v) is 3.90. The molecule has 1 aromatic rings. The number of carbonyl (C=O) groups is 1. The summed E-state index contributed by atoms with van der Waals surface area (Å²) in [5.74, 6) is -0.663. The Morgan fingerprint density at radius 2 is 2.07 bits per heavy atom. The zero-order valence-corrected chi connectivity index (χ0v) is 8.55. The lowest BCUT2D eigenvalue weighted by Gasteiger charge is -2.17. The van der Waals surface area contributed by atoms with Gasteiger partial charge >= 0.3 is 0 Å². The molecule has 80 valence electrons. The molecule has 0 heterocycles. The van der Waals surface area contributed by atoms with Crippen molar-refractivity contribution in [2.45, 2.75) is 25.7 Å². The Bertz CT molecular complexity index is 401. The summed E-state index contributed by atoms with van der Waals surface area (Å²) in [7, 11) is 0. The summed E-state index contributed by atoms with van der Waals surface area (Å²) in [4.78, 5) is 11.4. The summed E-state index contributed by atoms with van der Waals surface area (Å²) in [6, 6.07) is 3.43. The molecule has 0 saturated heterocycles. The van der Waals surface area contributed by atoms with E-state index in [1.807, 2.05) is 6.07 Å². The van der Waals surface area contributed by atoms with Crippen molar-refractivity contribution >= 4 is 5.78 Å². The fourth-order valence-corrected chi connectivity index (χ4v) is 2.11. The van der Waals surface area contributed by atoms with Gasteiger partial charge in [-0.15, -0.1) is 0 Å². The highest BCUT2D eigenvalue weighted by molar-refractivity contribution is 5.98. The first kappa shape index (κ1) is 10.3. The highest BCUT2D eigenvalue weighted by Gasteiger charge is 2.19. The van der Waals surface area contributed by atoms with Crippen molar-refractivity contribution in [3.05, 3.63) is 34.6 Å². The van der Waals surface area contributed by atoms with Gasteiger partial charge in [-0.25, -0.2) is 4.39 Å². The van der Waals surface area contributed by atoms with Crippen molar-refractivity contribution in [2.75, 3.05) is 6.54 Å². The zero-order chi connectivity index (χ0) is 10.8. The molecule has 2 rings (SSSR count). The minimum Gasteiger partial charge on any atom is -0.324 e. The lowest BCUT2D eigenvalue weighted by Crippen LogP contribution is -2.17. The van der Waals surface area contributed by atoms with Crippen molar-refractivity contribution in [1.29, 1.82) is 0 Å². The number of hydrogen-bond donors (Lipinski definition) is 1. The van der Waals surface area contributed by atoms with E-state index in [9.17, 15) is 9.18 Å². The van der Waals surface area contributed by atoms with Gasteiger partial charge in [0, 0.05) is 0 Å². The molecule has 0 bridgehead atoms. The van der Waals surface area contributed by atoms with E-state index in [0.717, 1.165) is 36.8 Å². The molecule has 3 heteroatoms. The number of benzene rings is 1. The van der Waals surface area contributed by atoms with Crippen LogP contribution in [0.4, 0.5) is 4.39 Å². The van der Waals surface area contributed by atoms with Gasteiger partial charge in [0.1, 0.15) is 5.82 Å². The predicted molar refractivity (Wildman–Crippen MR) is 56.4 cm³/mol. The number of hydrogen-bond acceptors (Lipinski definition) is 2. The zero-order valence-electron chi connectivity index (χ0n) is 8.55. The van der Waals surface area contributed by atoms with E-state index in [4.69, 9.17) is 5.73 Å². The molecule has 0 aromatic heterocycles. The standard InChI is InChI=1S/C12H14FNO/c13-12-9-4-2-1-3-8(9)5-6-10(12)11(15)7-14/h5-6H,1-4,7,14H2. The largest absolute Gasteiger partial charge is 0.324 e. The molecule has 1 aliphatic rings. The van der Waals surface area contributed by atoms with Crippen LogP contribution in [0.25, 0.3) is 0 Å². The monoisotopic (exact) mass is 207 g/mol. The molecule has 0 fully saturated rings. The van der Waals surface area contributed by atoms with Crippen LogP contribution in [0, 0.1) is 5.82 Å². The molecular formula is C12H14FNO. The number of halogens is 1. The molecule has 1 aliphatic carbocycles. The summed E-state index contributed by atoms with van der Waals surface area (Å²) in [6.07, 6.45) is 3.77. The number of carbonyl (C=O) groups excluding carboxylic acids is 1. The molecule has 0 atom stereocenters. The molecule has 2 nitrogen and oxygen atoms in total. The number of Topliss-reactive ketones (excluding diaryl/α,β-unsaturated/α-hetero) is 1. The topological polar surface area (TPSA) is 43.1 Å². The first-order chi connectivity index (χ1) is 7.24. The minimum absolute atomic E-state index is 0.129. The number of ketones is 1. The number of aryl methyl sites for hydroxylation is 1. The average molecular weight is 207 g/mol. The smallest absolute Gasteiger partial charge is 0.179 e. The van der Waals surface area contributed by atoms with Gasteiger partial charge in [-0.05, 0) is 42.9 Å². The summed E-state index contributed by atoms with van der Waals surface area (Å²) < 4.78 is 13.9. The lowest BCUT2D eigenvalue weighted by atomic mass is 9.89. The first-order valence-corrected chi connectivity index (χ1v) is 5.27. The van der Waals surface area contributed by atoms with E-state index >= 15 is 0 Å². The van der Waals surface area contributed by atoms with Gasteiger partial charge < -0.3 is 5.73 Å². The molecule has 0 aliphatic heterocycles. The minimum atomic E-state index is -0.345. The van der Waals surface area contributed by atoms with E-state index < -0.39 is 0 Å². The van der Waals surface area contributed by atoms with Crippen LogP contribution in [0.5, 0.6) is 0 Å². The molecule has 0 radical (unpaired) electrons. The third-order valence-electron chi connectivity index (χ3n) is 2.95. The van der Waals surface area contributed by atoms with Crippen molar-refractivity contribution in [3.8, 4) is 0 Å². The third kappa shape index (κ3) is 1.79. The molecule has 1 aromatic carbocycles.